The number of hydrogen-bond acceptors (Lipinski definition) is 3. The van der Waals surface area contributed by atoms with Crippen molar-refractivity contribution in [3.8, 4) is 0 Å². The molecule has 3 rings (SSSR count). The largest absolute Gasteiger partial charge is 0.481 e. The molecule has 2 atom stereocenters. The van der Waals surface area contributed by atoms with Crippen LogP contribution in [-0.4, -0.2) is 33.4 Å². The molecule has 0 radical (unpaired) electrons. The van der Waals surface area contributed by atoms with Crippen molar-refractivity contribution in [1.82, 2.24) is 9.88 Å². The molecule has 1 fully saturated rings. The van der Waals surface area contributed by atoms with E-state index in [2.05, 4.69) is 4.98 Å². The Balaban J connectivity index is 1.70. The maximum Gasteiger partial charge on any atom is 0.307 e. The first kappa shape index (κ1) is 11.2. The molecule has 0 saturated heterocycles. The van der Waals surface area contributed by atoms with Crippen LogP contribution in [0.4, 0.5) is 0 Å². The van der Waals surface area contributed by atoms with Gasteiger partial charge in [-0.25, -0.2) is 0 Å². The molecule has 1 saturated carbocycles. The highest BCUT2D eigenvalue weighted by molar-refractivity contribution is 5.89. The second-order valence-electron chi connectivity index (χ2n) is 4.91. The SMILES string of the molecule is O=C(O)[C@H]1C[C@H]1C(=O)N1CCc2ncccc2C1. The van der Waals surface area contributed by atoms with Gasteiger partial charge in [0.05, 0.1) is 11.8 Å². The summed E-state index contributed by atoms with van der Waals surface area (Å²) in [6.07, 6.45) is 3.01. The number of nitrogens with zero attached hydrogens (tertiary/aromatic N) is 2. The third kappa shape index (κ3) is 1.85. The zero-order valence-corrected chi connectivity index (χ0v) is 9.87. The van der Waals surface area contributed by atoms with Crippen LogP contribution < -0.4 is 0 Å². The number of carboxylic acid groups (broad SMARTS) is 1. The van der Waals surface area contributed by atoms with Gasteiger partial charge in [-0.15, -0.1) is 0 Å². The summed E-state index contributed by atoms with van der Waals surface area (Å²) in [5.41, 5.74) is 2.12. The average Bonchev–Trinajstić information content (AvgIpc) is 3.17. The third-order valence-corrected chi connectivity index (χ3v) is 3.70. The number of amides is 1. The predicted octanol–water partition coefficient (Wildman–Crippen LogP) is 0.687. The molecule has 1 amide bonds. The minimum absolute atomic E-state index is 0.0168. The van der Waals surface area contributed by atoms with Crippen LogP contribution in [-0.2, 0) is 22.6 Å². The Kier molecular flexibility index (Phi) is 2.54. The maximum atomic E-state index is 12.1. The summed E-state index contributed by atoms with van der Waals surface area (Å²) >= 11 is 0. The van der Waals surface area contributed by atoms with Gasteiger partial charge >= 0.3 is 5.97 Å². The topological polar surface area (TPSA) is 70.5 Å². The van der Waals surface area contributed by atoms with E-state index >= 15 is 0 Å². The molecule has 94 valence electrons. The van der Waals surface area contributed by atoms with Gasteiger partial charge in [-0.1, -0.05) is 6.07 Å². The number of hydrogen-bond donors (Lipinski definition) is 1. The molecule has 1 aliphatic heterocycles. The van der Waals surface area contributed by atoms with Crippen LogP contribution in [0.1, 0.15) is 17.7 Å². The van der Waals surface area contributed by atoms with E-state index in [0.29, 0.717) is 19.5 Å². The van der Waals surface area contributed by atoms with Crippen LogP contribution in [0, 0.1) is 11.8 Å². The van der Waals surface area contributed by atoms with E-state index in [9.17, 15) is 9.59 Å². The molecule has 18 heavy (non-hydrogen) atoms. The Hall–Kier alpha value is -1.91. The minimum Gasteiger partial charge on any atom is -0.481 e. The summed E-state index contributed by atoms with van der Waals surface area (Å²) < 4.78 is 0. The monoisotopic (exact) mass is 246 g/mol. The molecule has 1 aromatic rings. The van der Waals surface area contributed by atoms with E-state index in [1.807, 2.05) is 12.1 Å². The number of aromatic nitrogens is 1. The van der Waals surface area contributed by atoms with E-state index in [-0.39, 0.29) is 11.8 Å². The fourth-order valence-electron chi connectivity index (χ4n) is 2.53. The molecule has 0 unspecified atom stereocenters. The van der Waals surface area contributed by atoms with Crippen LogP contribution >= 0.6 is 0 Å². The number of carbonyl (C=O) groups excluding carboxylic acids is 1. The highest BCUT2D eigenvalue weighted by Crippen LogP contribution is 2.40. The van der Waals surface area contributed by atoms with Crippen molar-refractivity contribution in [2.45, 2.75) is 19.4 Å². The van der Waals surface area contributed by atoms with E-state index in [1.165, 1.54) is 0 Å². The standard InChI is InChI=1S/C13H14N2O3/c16-12(9-6-10(9)13(17)18)15-5-3-11-8(7-15)2-1-4-14-11/h1-2,4,9-10H,3,5-7H2,(H,17,18)/t9-,10+/m1/s1. The predicted molar refractivity (Wildman–Crippen MR) is 62.6 cm³/mol. The molecule has 1 N–H and O–H groups in total. The Morgan fingerprint density at radius 1 is 1.39 bits per heavy atom. The van der Waals surface area contributed by atoms with Crippen molar-refractivity contribution >= 4 is 11.9 Å². The molecule has 0 spiro atoms. The maximum absolute atomic E-state index is 12.1. The lowest BCUT2D eigenvalue weighted by Gasteiger charge is -2.28. The Labute approximate surface area is 104 Å². The number of fused-ring (bicyclic) bond motifs is 1. The lowest BCUT2D eigenvalue weighted by atomic mass is 10.1. The Morgan fingerprint density at radius 2 is 2.22 bits per heavy atom. The molecule has 5 heteroatoms. The molecule has 2 aliphatic rings. The number of aliphatic carboxylic acids is 1. The molecule has 1 aliphatic carbocycles. The number of pyridine rings is 1. The van der Waals surface area contributed by atoms with Gasteiger partial charge in [-0.05, 0) is 18.1 Å². The highest BCUT2D eigenvalue weighted by Gasteiger charge is 2.50. The lowest BCUT2D eigenvalue weighted by molar-refractivity contribution is -0.142. The number of rotatable bonds is 2. The van der Waals surface area contributed by atoms with E-state index in [4.69, 9.17) is 5.11 Å². The van der Waals surface area contributed by atoms with Gasteiger partial charge in [-0.3, -0.25) is 14.6 Å². The zero-order chi connectivity index (χ0) is 12.7. The molecule has 2 heterocycles. The number of carboxylic acids is 1. The first-order valence-electron chi connectivity index (χ1n) is 6.11. The number of carbonyl (C=O) groups is 2. The van der Waals surface area contributed by atoms with Gasteiger partial charge in [0.25, 0.3) is 0 Å². The first-order chi connectivity index (χ1) is 8.66. The summed E-state index contributed by atoms with van der Waals surface area (Å²) in [6.45, 7) is 1.20. The van der Waals surface area contributed by atoms with Gasteiger partial charge in [0.2, 0.25) is 5.91 Å². The summed E-state index contributed by atoms with van der Waals surface area (Å²) in [7, 11) is 0. The first-order valence-corrected chi connectivity index (χ1v) is 6.11. The molecule has 5 nitrogen and oxygen atoms in total. The van der Waals surface area contributed by atoms with Crippen LogP contribution in [0.5, 0.6) is 0 Å². The fourth-order valence-corrected chi connectivity index (χ4v) is 2.53. The second-order valence-corrected chi connectivity index (χ2v) is 4.91. The molecule has 1 aromatic heterocycles. The Bertz CT molecular complexity index is 515. The molecule has 0 bridgehead atoms. The van der Waals surface area contributed by atoms with Gasteiger partial charge in [-0.2, -0.15) is 0 Å². The van der Waals surface area contributed by atoms with Crippen molar-refractivity contribution in [1.29, 1.82) is 0 Å². The molecular formula is C13H14N2O3. The summed E-state index contributed by atoms with van der Waals surface area (Å²) in [6, 6.07) is 3.84. The summed E-state index contributed by atoms with van der Waals surface area (Å²) in [5.74, 6) is -1.64. The van der Waals surface area contributed by atoms with Crippen LogP contribution in [0.3, 0.4) is 0 Å². The fraction of sp³-hybridized carbons (Fsp3) is 0.462. The molecule has 0 aromatic carbocycles. The van der Waals surface area contributed by atoms with Crippen LogP contribution in [0.15, 0.2) is 18.3 Å². The minimum atomic E-state index is -0.854. The van der Waals surface area contributed by atoms with E-state index in [1.54, 1.807) is 11.1 Å². The zero-order valence-electron chi connectivity index (χ0n) is 9.87. The van der Waals surface area contributed by atoms with Crippen molar-refractivity contribution in [2.24, 2.45) is 11.8 Å². The van der Waals surface area contributed by atoms with Gasteiger partial charge < -0.3 is 10.0 Å². The van der Waals surface area contributed by atoms with Crippen LogP contribution in [0.2, 0.25) is 0 Å². The quantitative estimate of drug-likeness (QED) is 0.833. The Morgan fingerprint density at radius 3 is 2.94 bits per heavy atom. The van der Waals surface area contributed by atoms with Gasteiger partial charge in [0.15, 0.2) is 0 Å². The summed E-state index contributed by atoms with van der Waals surface area (Å²) in [5, 5.41) is 8.85. The van der Waals surface area contributed by atoms with Crippen molar-refractivity contribution < 1.29 is 14.7 Å². The van der Waals surface area contributed by atoms with Gasteiger partial charge in [0, 0.05) is 31.4 Å². The van der Waals surface area contributed by atoms with Crippen molar-refractivity contribution in [2.75, 3.05) is 6.54 Å². The average molecular weight is 246 g/mol. The third-order valence-electron chi connectivity index (χ3n) is 3.70. The highest BCUT2D eigenvalue weighted by atomic mass is 16.4. The summed E-state index contributed by atoms with van der Waals surface area (Å²) in [4.78, 5) is 29.0. The van der Waals surface area contributed by atoms with Crippen molar-refractivity contribution in [3.05, 3.63) is 29.6 Å². The molecular weight excluding hydrogens is 232 g/mol. The van der Waals surface area contributed by atoms with Crippen molar-refractivity contribution in [3.63, 3.8) is 0 Å². The normalized spacial score (nSPS) is 25.4. The van der Waals surface area contributed by atoms with Crippen LogP contribution in [0.25, 0.3) is 0 Å². The van der Waals surface area contributed by atoms with E-state index < -0.39 is 11.9 Å². The smallest absolute Gasteiger partial charge is 0.307 e. The van der Waals surface area contributed by atoms with Gasteiger partial charge in [0.1, 0.15) is 0 Å². The lowest BCUT2D eigenvalue weighted by Crippen LogP contribution is -2.37. The van der Waals surface area contributed by atoms with E-state index in [0.717, 1.165) is 17.7 Å². The second kappa shape index (κ2) is 4.08.